The summed E-state index contributed by atoms with van der Waals surface area (Å²) in [5.41, 5.74) is -0.622. The van der Waals surface area contributed by atoms with Crippen molar-refractivity contribution >= 4 is 18.0 Å². The summed E-state index contributed by atoms with van der Waals surface area (Å²) >= 11 is 0. The first kappa shape index (κ1) is 19.3. The van der Waals surface area contributed by atoms with Crippen LogP contribution in [0.4, 0.5) is 4.79 Å². The third kappa shape index (κ3) is 4.84. The summed E-state index contributed by atoms with van der Waals surface area (Å²) in [4.78, 5) is 38.7. The quantitative estimate of drug-likeness (QED) is 0.778. The minimum atomic E-state index is -1.02. The van der Waals surface area contributed by atoms with Crippen molar-refractivity contribution in [1.82, 2.24) is 9.80 Å². The molecule has 7 nitrogen and oxygen atoms in total. The highest BCUT2D eigenvalue weighted by Crippen LogP contribution is 2.23. The molecule has 0 saturated carbocycles. The predicted octanol–water partition coefficient (Wildman–Crippen LogP) is 1.81. The van der Waals surface area contributed by atoms with E-state index in [0.29, 0.717) is 6.54 Å². The molecule has 2 amide bonds. The highest BCUT2D eigenvalue weighted by molar-refractivity contribution is 5.87. The fourth-order valence-electron chi connectivity index (χ4n) is 2.64. The van der Waals surface area contributed by atoms with E-state index in [1.54, 1.807) is 20.8 Å². The Hall–Kier alpha value is -1.79. The number of nitrogens with zero attached hydrogens (tertiary/aromatic N) is 2. The summed E-state index contributed by atoms with van der Waals surface area (Å²) in [5, 5.41) is 8.87. The van der Waals surface area contributed by atoms with E-state index >= 15 is 0 Å². The molecule has 0 unspecified atom stereocenters. The van der Waals surface area contributed by atoms with Crippen LogP contribution in [0.25, 0.3) is 0 Å². The monoisotopic (exact) mass is 328 g/mol. The Bertz CT molecular complexity index is 464. The first-order valence-corrected chi connectivity index (χ1v) is 7.99. The molecule has 0 aromatic rings. The van der Waals surface area contributed by atoms with E-state index in [4.69, 9.17) is 9.84 Å². The first-order chi connectivity index (χ1) is 10.5. The van der Waals surface area contributed by atoms with E-state index in [1.807, 2.05) is 20.8 Å². The summed E-state index contributed by atoms with van der Waals surface area (Å²) in [7, 11) is 0. The van der Waals surface area contributed by atoms with Gasteiger partial charge >= 0.3 is 12.1 Å². The van der Waals surface area contributed by atoms with E-state index in [2.05, 4.69) is 0 Å². The molecule has 1 aliphatic rings. The Morgan fingerprint density at radius 3 is 2.13 bits per heavy atom. The highest BCUT2D eigenvalue weighted by atomic mass is 16.6. The number of hydrogen-bond acceptors (Lipinski definition) is 4. The van der Waals surface area contributed by atoms with Gasteiger partial charge in [-0.2, -0.15) is 0 Å². The molecule has 1 N–H and O–H groups in total. The molecule has 1 atom stereocenters. The molecule has 1 rings (SSSR count). The van der Waals surface area contributed by atoms with Gasteiger partial charge in [0.25, 0.3) is 0 Å². The Kier molecular flexibility index (Phi) is 6.02. The van der Waals surface area contributed by atoms with Crippen LogP contribution in [0.1, 0.15) is 41.5 Å². The van der Waals surface area contributed by atoms with E-state index in [0.717, 1.165) is 0 Å². The van der Waals surface area contributed by atoms with Gasteiger partial charge in [-0.25, -0.2) is 9.59 Å². The molecule has 23 heavy (non-hydrogen) atoms. The predicted molar refractivity (Wildman–Crippen MR) is 84.9 cm³/mol. The summed E-state index contributed by atoms with van der Waals surface area (Å²) in [6.07, 6.45) is -1.02. The fourth-order valence-corrected chi connectivity index (χ4v) is 2.64. The van der Waals surface area contributed by atoms with Gasteiger partial charge in [-0.05, 0) is 33.6 Å². The van der Waals surface area contributed by atoms with Crippen LogP contribution in [0, 0.1) is 11.8 Å². The summed E-state index contributed by atoms with van der Waals surface area (Å²) in [6, 6.07) is -0.661. The summed E-state index contributed by atoms with van der Waals surface area (Å²) in [6.45, 7) is 11.7. The summed E-state index contributed by atoms with van der Waals surface area (Å²) in [5.74, 6) is -1.08. The average molecular weight is 328 g/mol. The molecule has 1 heterocycles. The van der Waals surface area contributed by atoms with Gasteiger partial charge in [-0.1, -0.05) is 13.8 Å². The van der Waals surface area contributed by atoms with Crippen LogP contribution >= 0.6 is 0 Å². The topological polar surface area (TPSA) is 87.2 Å². The third-order valence-electron chi connectivity index (χ3n) is 3.74. The van der Waals surface area contributed by atoms with Crippen LogP contribution in [0.2, 0.25) is 0 Å². The van der Waals surface area contributed by atoms with Crippen molar-refractivity contribution in [2.45, 2.75) is 53.2 Å². The lowest BCUT2D eigenvalue weighted by molar-refractivity contribution is -0.168. The molecular weight excluding hydrogens is 300 g/mol. The zero-order valence-corrected chi connectivity index (χ0v) is 14.8. The first-order valence-electron chi connectivity index (χ1n) is 7.99. The smallest absolute Gasteiger partial charge is 0.407 e. The SMILES string of the molecule is CCN(C(=O)C1CN(C(=O)O)C1)[C@H](C(=O)OC(C)(C)C)C(C)C. The van der Waals surface area contributed by atoms with Crippen molar-refractivity contribution in [3.05, 3.63) is 0 Å². The maximum Gasteiger partial charge on any atom is 0.407 e. The van der Waals surface area contributed by atoms with Gasteiger partial charge in [0, 0.05) is 19.6 Å². The zero-order valence-electron chi connectivity index (χ0n) is 14.8. The molecule has 0 aliphatic carbocycles. The maximum atomic E-state index is 12.6. The van der Waals surface area contributed by atoms with E-state index in [-0.39, 0.29) is 30.8 Å². The number of ether oxygens (including phenoxy) is 1. The molecule has 0 radical (unpaired) electrons. The van der Waals surface area contributed by atoms with Gasteiger partial charge in [0.05, 0.1) is 5.92 Å². The second-order valence-electron chi connectivity index (χ2n) is 7.23. The maximum absolute atomic E-state index is 12.6. The number of amides is 2. The number of carbonyl (C=O) groups excluding carboxylic acids is 2. The van der Waals surface area contributed by atoms with Crippen LogP contribution in [0.5, 0.6) is 0 Å². The average Bonchev–Trinajstić information content (AvgIpc) is 2.29. The lowest BCUT2D eigenvalue weighted by Crippen LogP contribution is -2.59. The van der Waals surface area contributed by atoms with Gasteiger partial charge in [0.2, 0.25) is 5.91 Å². The second kappa shape index (κ2) is 7.19. The van der Waals surface area contributed by atoms with Gasteiger partial charge in [-0.3, -0.25) is 4.79 Å². The number of esters is 1. The minimum Gasteiger partial charge on any atom is -0.465 e. The van der Waals surface area contributed by atoms with Crippen molar-refractivity contribution in [2.24, 2.45) is 11.8 Å². The number of likely N-dealkylation sites (tertiary alicyclic amines) is 1. The molecular formula is C16H28N2O5. The number of likely N-dealkylation sites (N-methyl/N-ethyl adjacent to an activating group) is 1. The van der Waals surface area contributed by atoms with Crippen LogP contribution in [-0.4, -0.2) is 64.2 Å². The van der Waals surface area contributed by atoms with Gasteiger partial charge in [-0.15, -0.1) is 0 Å². The van der Waals surface area contributed by atoms with Gasteiger partial charge in [0.15, 0.2) is 0 Å². The lowest BCUT2D eigenvalue weighted by atomic mass is 9.95. The van der Waals surface area contributed by atoms with Crippen LogP contribution in [0.15, 0.2) is 0 Å². The fraction of sp³-hybridized carbons (Fsp3) is 0.812. The van der Waals surface area contributed by atoms with Crippen molar-refractivity contribution < 1.29 is 24.2 Å². The van der Waals surface area contributed by atoms with Crippen molar-refractivity contribution in [3.8, 4) is 0 Å². The largest absolute Gasteiger partial charge is 0.465 e. The minimum absolute atomic E-state index is 0.0931. The number of hydrogen-bond donors (Lipinski definition) is 1. The number of carbonyl (C=O) groups is 3. The Balaban J connectivity index is 2.84. The number of carboxylic acid groups (broad SMARTS) is 1. The number of rotatable bonds is 5. The van der Waals surface area contributed by atoms with Crippen LogP contribution < -0.4 is 0 Å². The molecule has 0 bridgehead atoms. The standard InChI is InChI=1S/C16H28N2O5/c1-7-18(13(19)11-8-17(9-11)15(21)22)12(10(2)3)14(20)23-16(4,5)6/h10-12H,7-9H2,1-6H3,(H,21,22)/t12-/m0/s1. The van der Waals surface area contributed by atoms with E-state index in [9.17, 15) is 14.4 Å². The van der Waals surface area contributed by atoms with E-state index in [1.165, 1.54) is 9.80 Å². The zero-order chi connectivity index (χ0) is 17.9. The Morgan fingerprint density at radius 1 is 1.26 bits per heavy atom. The molecule has 1 fully saturated rings. The van der Waals surface area contributed by atoms with Crippen molar-refractivity contribution in [2.75, 3.05) is 19.6 Å². The van der Waals surface area contributed by atoms with Crippen LogP contribution in [-0.2, 0) is 14.3 Å². The van der Waals surface area contributed by atoms with Crippen LogP contribution in [0.3, 0.4) is 0 Å². The Labute approximate surface area is 137 Å². The highest BCUT2D eigenvalue weighted by Gasteiger charge is 2.42. The molecule has 7 heteroatoms. The molecule has 1 aliphatic heterocycles. The third-order valence-corrected chi connectivity index (χ3v) is 3.74. The second-order valence-corrected chi connectivity index (χ2v) is 7.23. The molecule has 1 saturated heterocycles. The molecule has 0 spiro atoms. The molecule has 0 aromatic carbocycles. The Morgan fingerprint density at radius 2 is 1.78 bits per heavy atom. The van der Waals surface area contributed by atoms with E-state index < -0.39 is 23.7 Å². The normalized spacial score (nSPS) is 16.7. The molecule has 0 aromatic heterocycles. The van der Waals surface area contributed by atoms with Gasteiger partial charge in [0.1, 0.15) is 11.6 Å². The summed E-state index contributed by atoms with van der Waals surface area (Å²) < 4.78 is 5.45. The lowest BCUT2D eigenvalue weighted by Gasteiger charge is -2.41. The van der Waals surface area contributed by atoms with Gasteiger partial charge < -0.3 is 19.6 Å². The van der Waals surface area contributed by atoms with Crippen molar-refractivity contribution in [1.29, 1.82) is 0 Å². The molecule has 132 valence electrons. The van der Waals surface area contributed by atoms with Crippen molar-refractivity contribution in [3.63, 3.8) is 0 Å².